The molecular formula is C10H19ClN2. The Morgan fingerprint density at radius 2 is 2.46 bits per heavy atom. The maximum atomic E-state index is 5.52. The van der Waals surface area contributed by atoms with Crippen molar-refractivity contribution in [2.24, 2.45) is 0 Å². The molecule has 0 radical (unpaired) electrons. The van der Waals surface area contributed by atoms with Crippen LogP contribution in [-0.2, 0) is 0 Å². The van der Waals surface area contributed by atoms with Gasteiger partial charge in [-0.2, -0.15) is 0 Å². The van der Waals surface area contributed by atoms with E-state index in [4.69, 9.17) is 11.6 Å². The fourth-order valence-corrected chi connectivity index (χ4v) is 1.92. The van der Waals surface area contributed by atoms with E-state index in [-0.39, 0.29) is 0 Å². The van der Waals surface area contributed by atoms with Gasteiger partial charge in [0.2, 0.25) is 0 Å². The molecule has 76 valence electrons. The summed E-state index contributed by atoms with van der Waals surface area (Å²) in [5.74, 6) is 0. The highest BCUT2D eigenvalue weighted by molar-refractivity contribution is 6.25. The molecule has 0 bridgehead atoms. The van der Waals surface area contributed by atoms with Gasteiger partial charge in [-0.25, -0.2) is 0 Å². The van der Waals surface area contributed by atoms with Crippen LogP contribution >= 0.6 is 11.6 Å². The highest BCUT2D eigenvalue weighted by Gasteiger charge is 2.19. The van der Waals surface area contributed by atoms with Gasteiger partial charge in [-0.15, -0.1) is 0 Å². The Bertz CT molecular complexity index is 157. The highest BCUT2D eigenvalue weighted by atomic mass is 35.5. The molecule has 0 aliphatic carbocycles. The number of hydrogen-bond donors (Lipinski definition) is 1. The molecule has 1 N–H and O–H groups in total. The van der Waals surface area contributed by atoms with Crippen molar-refractivity contribution in [3.63, 3.8) is 0 Å². The lowest BCUT2D eigenvalue weighted by atomic mass is 10.1. The topological polar surface area (TPSA) is 15.3 Å². The minimum atomic E-state index is 0.701. The van der Waals surface area contributed by atoms with Crippen LogP contribution in [0.1, 0.15) is 19.8 Å². The summed E-state index contributed by atoms with van der Waals surface area (Å²) in [6.45, 7) is 6.62. The molecule has 0 aromatic heterocycles. The zero-order chi connectivity index (χ0) is 9.52. The second kappa shape index (κ2) is 6.41. The van der Waals surface area contributed by atoms with Crippen LogP contribution < -0.4 is 5.32 Å². The van der Waals surface area contributed by atoms with Crippen molar-refractivity contribution >= 4 is 11.6 Å². The standard InChI is InChI=1S/C10H19ClN2/c1-2-4-10-9-12-6-8-13(10)7-3-5-11/h3,5,10,12H,2,4,6-9H2,1H3/b5-3+. The molecule has 2 nitrogen and oxygen atoms in total. The summed E-state index contributed by atoms with van der Waals surface area (Å²) < 4.78 is 0. The van der Waals surface area contributed by atoms with Gasteiger partial charge in [-0.1, -0.05) is 31.0 Å². The van der Waals surface area contributed by atoms with E-state index in [1.165, 1.54) is 12.8 Å². The first kappa shape index (κ1) is 11.0. The number of rotatable bonds is 4. The Labute approximate surface area is 85.9 Å². The molecule has 1 fully saturated rings. The lowest BCUT2D eigenvalue weighted by Crippen LogP contribution is -2.51. The summed E-state index contributed by atoms with van der Waals surface area (Å²) in [6, 6.07) is 0.701. The van der Waals surface area contributed by atoms with Gasteiger partial charge in [0.25, 0.3) is 0 Å². The second-order valence-corrected chi connectivity index (χ2v) is 3.76. The van der Waals surface area contributed by atoms with E-state index >= 15 is 0 Å². The lowest BCUT2D eigenvalue weighted by molar-refractivity contribution is 0.169. The number of nitrogens with one attached hydrogen (secondary N) is 1. The van der Waals surface area contributed by atoms with E-state index in [1.54, 1.807) is 5.54 Å². The minimum Gasteiger partial charge on any atom is -0.314 e. The zero-order valence-electron chi connectivity index (χ0n) is 8.30. The Hall–Kier alpha value is -0.0500. The summed E-state index contributed by atoms with van der Waals surface area (Å²) in [5, 5.41) is 3.43. The monoisotopic (exact) mass is 202 g/mol. The van der Waals surface area contributed by atoms with Crippen molar-refractivity contribution < 1.29 is 0 Å². The van der Waals surface area contributed by atoms with Gasteiger partial charge >= 0.3 is 0 Å². The van der Waals surface area contributed by atoms with E-state index in [2.05, 4.69) is 17.1 Å². The normalized spacial score (nSPS) is 25.5. The van der Waals surface area contributed by atoms with Crippen LogP contribution in [0.25, 0.3) is 0 Å². The predicted octanol–water partition coefficient (Wildman–Crippen LogP) is 1.81. The van der Waals surface area contributed by atoms with Crippen LogP contribution in [0.2, 0.25) is 0 Å². The molecule has 1 heterocycles. The molecule has 1 atom stereocenters. The SMILES string of the molecule is CCCC1CNCCN1C/C=C/Cl. The molecule has 1 aliphatic heterocycles. The van der Waals surface area contributed by atoms with Crippen LogP contribution in [-0.4, -0.2) is 37.1 Å². The number of halogens is 1. The minimum absolute atomic E-state index is 0.701. The van der Waals surface area contributed by atoms with E-state index in [9.17, 15) is 0 Å². The summed E-state index contributed by atoms with van der Waals surface area (Å²) >= 11 is 5.52. The van der Waals surface area contributed by atoms with Gasteiger partial charge in [-0.3, -0.25) is 4.90 Å². The first-order valence-corrected chi connectivity index (χ1v) is 5.52. The van der Waals surface area contributed by atoms with Gasteiger partial charge in [0.05, 0.1) is 0 Å². The third kappa shape index (κ3) is 3.67. The summed E-state index contributed by atoms with van der Waals surface area (Å²) in [5.41, 5.74) is 1.62. The molecule has 0 spiro atoms. The molecule has 1 unspecified atom stereocenters. The molecule has 1 aliphatic rings. The van der Waals surface area contributed by atoms with Crippen LogP contribution in [0.3, 0.4) is 0 Å². The van der Waals surface area contributed by atoms with Crippen molar-refractivity contribution in [1.29, 1.82) is 0 Å². The van der Waals surface area contributed by atoms with Crippen LogP contribution in [0.15, 0.2) is 11.6 Å². The van der Waals surface area contributed by atoms with E-state index < -0.39 is 0 Å². The smallest absolute Gasteiger partial charge is 0.0224 e. The van der Waals surface area contributed by atoms with Crippen molar-refractivity contribution in [2.75, 3.05) is 26.2 Å². The van der Waals surface area contributed by atoms with Crippen LogP contribution in [0, 0.1) is 0 Å². The van der Waals surface area contributed by atoms with Crippen molar-refractivity contribution in [3.05, 3.63) is 11.6 Å². The molecule has 1 saturated heterocycles. The Morgan fingerprint density at radius 3 is 3.15 bits per heavy atom. The van der Waals surface area contributed by atoms with Gasteiger partial charge < -0.3 is 5.32 Å². The average Bonchev–Trinajstić information content (AvgIpc) is 2.17. The van der Waals surface area contributed by atoms with E-state index in [1.807, 2.05) is 6.08 Å². The molecular weight excluding hydrogens is 184 g/mol. The van der Waals surface area contributed by atoms with E-state index in [0.717, 1.165) is 26.2 Å². The number of piperazine rings is 1. The first-order valence-electron chi connectivity index (χ1n) is 5.08. The second-order valence-electron chi connectivity index (χ2n) is 3.50. The van der Waals surface area contributed by atoms with Crippen molar-refractivity contribution in [3.8, 4) is 0 Å². The average molecular weight is 203 g/mol. The molecule has 0 saturated carbocycles. The zero-order valence-corrected chi connectivity index (χ0v) is 9.06. The maximum Gasteiger partial charge on any atom is 0.0224 e. The van der Waals surface area contributed by atoms with Gasteiger partial charge in [0.15, 0.2) is 0 Å². The summed E-state index contributed by atoms with van der Waals surface area (Å²) in [7, 11) is 0. The van der Waals surface area contributed by atoms with Crippen LogP contribution in [0.4, 0.5) is 0 Å². The molecule has 13 heavy (non-hydrogen) atoms. The fraction of sp³-hybridized carbons (Fsp3) is 0.800. The van der Waals surface area contributed by atoms with Gasteiger partial charge in [0, 0.05) is 37.8 Å². The Morgan fingerprint density at radius 1 is 1.62 bits per heavy atom. The number of hydrogen-bond acceptors (Lipinski definition) is 2. The predicted molar refractivity (Wildman–Crippen MR) is 58.1 cm³/mol. The third-order valence-corrected chi connectivity index (χ3v) is 2.70. The van der Waals surface area contributed by atoms with E-state index in [0.29, 0.717) is 6.04 Å². The summed E-state index contributed by atoms with van der Waals surface area (Å²) in [4.78, 5) is 2.50. The molecule has 0 aromatic carbocycles. The third-order valence-electron chi connectivity index (χ3n) is 2.52. The molecule has 0 amide bonds. The highest BCUT2D eigenvalue weighted by Crippen LogP contribution is 2.09. The van der Waals surface area contributed by atoms with Crippen molar-refractivity contribution in [1.82, 2.24) is 10.2 Å². The maximum absolute atomic E-state index is 5.52. The molecule has 0 aromatic rings. The lowest BCUT2D eigenvalue weighted by Gasteiger charge is -2.35. The Balaban J connectivity index is 2.36. The molecule has 1 rings (SSSR count). The quantitative estimate of drug-likeness (QED) is 0.748. The number of nitrogens with zero attached hydrogens (tertiary/aromatic N) is 1. The Kier molecular flexibility index (Phi) is 5.44. The first-order chi connectivity index (χ1) is 6.38. The van der Waals surface area contributed by atoms with Gasteiger partial charge in [0.1, 0.15) is 0 Å². The van der Waals surface area contributed by atoms with Crippen molar-refractivity contribution in [2.45, 2.75) is 25.8 Å². The van der Waals surface area contributed by atoms with Crippen LogP contribution in [0.5, 0.6) is 0 Å². The largest absolute Gasteiger partial charge is 0.314 e. The van der Waals surface area contributed by atoms with Gasteiger partial charge in [-0.05, 0) is 6.42 Å². The molecule has 3 heteroatoms. The fourth-order valence-electron chi connectivity index (χ4n) is 1.84. The summed E-state index contributed by atoms with van der Waals surface area (Å²) in [6.07, 6.45) is 4.56.